The maximum absolute atomic E-state index is 13.0. The van der Waals surface area contributed by atoms with Crippen molar-refractivity contribution < 1.29 is 50.5 Å². The number of rotatable bonds is 8. The number of phenolic OH excluding ortho intramolecular Hbond substituents is 2. The Balaban J connectivity index is 1.10. The second kappa shape index (κ2) is 13.6. The Bertz CT molecular complexity index is 2460. The Morgan fingerprint density at radius 1 is 0.462 bits per heavy atom. The number of amides is 4. The molecule has 0 saturated carbocycles. The van der Waals surface area contributed by atoms with Crippen molar-refractivity contribution in [1.29, 1.82) is 0 Å². The van der Waals surface area contributed by atoms with Crippen LogP contribution in [0, 0.1) is 0 Å². The molecule has 0 aromatic heterocycles. The van der Waals surface area contributed by atoms with E-state index in [4.69, 9.17) is 0 Å². The molecular formula is C35H26N4O11S2. The third-order valence-electron chi connectivity index (χ3n) is 7.82. The van der Waals surface area contributed by atoms with Crippen LogP contribution in [0.5, 0.6) is 11.5 Å². The van der Waals surface area contributed by atoms with Crippen molar-refractivity contribution >= 4 is 82.4 Å². The fourth-order valence-corrected chi connectivity index (χ4v) is 6.90. The lowest BCUT2D eigenvalue weighted by atomic mass is 10.1. The third-order valence-corrected chi connectivity index (χ3v) is 9.61. The summed E-state index contributed by atoms with van der Waals surface area (Å²) in [6.07, 6.45) is 0. The Labute approximate surface area is 295 Å². The molecule has 0 radical (unpaired) electrons. The van der Waals surface area contributed by atoms with Gasteiger partial charge in [-0.15, -0.1) is 0 Å². The molecule has 17 heteroatoms. The Morgan fingerprint density at radius 3 is 1.17 bits per heavy atom. The molecular weight excluding hydrogens is 717 g/mol. The first kappa shape index (κ1) is 35.3. The summed E-state index contributed by atoms with van der Waals surface area (Å²) in [7, 11) is -9.39. The molecule has 0 unspecified atom stereocenters. The number of urea groups is 1. The van der Waals surface area contributed by atoms with Crippen LogP contribution in [-0.4, -0.2) is 54.0 Å². The molecule has 4 amide bonds. The maximum Gasteiger partial charge on any atom is 0.323 e. The van der Waals surface area contributed by atoms with Crippen molar-refractivity contribution in [1.82, 2.24) is 0 Å². The van der Waals surface area contributed by atoms with Crippen LogP contribution in [0.15, 0.2) is 119 Å². The first-order valence-corrected chi connectivity index (χ1v) is 17.8. The van der Waals surface area contributed by atoms with Gasteiger partial charge in [0.2, 0.25) is 0 Å². The third kappa shape index (κ3) is 7.32. The quantitative estimate of drug-likeness (QED) is 0.0659. The van der Waals surface area contributed by atoms with E-state index < -0.39 is 47.9 Å². The van der Waals surface area contributed by atoms with E-state index in [-0.39, 0.29) is 55.5 Å². The van der Waals surface area contributed by atoms with Crippen LogP contribution in [0.4, 0.5) is 27.5 Å². The predicted octanol–water partition coefficient (Wildman–Crippen LogP) is 6.05. The highest BCUT2D eigenvalue weighted by molar-refractivity contribution is 7.86. The van der Waals surface area contributed by atoms with Gasteiger partial charge in [-0.3, -0.25) is 18.7 Å². The lowest BCUT2D eigenvalue weighted by Gasteiger charge is -2.13. The molecule has 0 aliphatic carbocycles. The molecule has 0 bridgehead atoms. The monoisotopic (exact) mass is 742 g/mol. The molecule has 0 aliphatic rings. The topological polar surface area (TPSA) is 249 Å². The summed E-state index contributed by atoms with van der Waals surface area (Å²) in [6, 6.07) is 23.7. The molecule has 6 aromatic carbocycles. The SMILES string of the molecule is O=C(Nc1ccc(C(=O)Nc2ccc(O)c3cccc(S(=O)(=O)O)c23)cc1)Nc1ccc(C(=O)Nc2ccc(O)c3cccc(S(=O)(=O)O)c23)cc1. The highest BCUT2D eigenvalue weighted by Crippen LogP contribution is 2.37. The average Bonchev–Trinajstić information content (AvgIpc) is 3.10. The first-order chi connectivity index (χ1) is 24.6. The molecule has 6 rings (SSSR count). The number of phenols is 2. The lowest BCUT2D eigenvalue weighted by Crippen LogP contribution is -2.20. The lowest BCUT2D eigenvalue weighted by molar-refractivity contribution is 0.101. The van der Waals surface area contributed by atoms with Gasteiger partial charge in [-0.05, 0) is 84.9 Å². The van der Waals surface area contributed by atoms with E-state index in [1.807, 2.05) is 0 Å². The van der Waals surface area contributed by atoms with Gasteiger partial charge in [0.15, 0.2) is 0 Å². The van der Waals surface area contributed by atoms with Crippen molar-refractivity contribution in [2.45, 2.75) is 9.79 Å². The second-order valence-corrected chi connectivity index (χ2v) is 14.0. The molecule has 6 aromatic rings. The largest absolute Gasteiger partial charge is 0.507 e. The number of anilines is 4. The number of aromatic hydroxyl groups is 2. The van der Waals surface area contributed by atoms with Crippen LogP contribution in [-0.2, 0) is 20.2 Å². The zero-order valence-corrected chi connectivity index (χ0v) is 28.0. The summed E-state index contributed by atoms with van der Waals surface area (Å²) < 4.78 is 67.3. The summed E-state index contributed by atoms with van der Waals surface area (Å²) >= 11 is 0. The van der Waals surface area contributed by atoms with Gasteiger partial charge in [0, 0.05) is 44.0 Å². The van der Waals surface area contributed by atoms with E-state index in [1.54, 1.807) is 0 Å². The smallest absolute Gasteiger partial charge is 0.323 e. The van der Waals surface area contributed by atoms with Crippen molar-refractivity contribution in [3.05, 3.63) is 120 Å². The van der Waals surface area contributed by atoms with Crippen LogP contribution in [0.2, 0.25) is 0 Å². The fourth-order valence-electron chi connectivity index (χ4n) is 5.45. The average molecular weight is 743 g/mol. The maximum atomic E-state index is 13.0. The van der Waals surface area contributed by atoms with Crippen LogP contribution in [0.1, 0.15) is 20.7 Å². The molecule has 0 spiro atoms. The van der Waals surface area contributed by atoms with E-state index >= 15 is 0 Å². The highest BCUT2D eigenvalue weighted by Gasteiger charge is 2.21. The number of nitrogens with one attached hydrogen (secondary N) is 4. The minimum atomic E-state index is -4.70. The van der Waals surface area contributed by atoms with E-state index in [2.05, 4.69) is 21.3 Å². The number of hydrogen-bond donors (Lipinski definition) is 8. The molecule has 0 heterocycles. The fraction of sp³-hybridized carbons (Fsp3) is 0. The van der Waals surface area contributed by atoms with Gasteiger partial charge in [0.1, 0.15) is 21.3 Å². The molecule has 8 N–H and O–H groups in total. The van der Waals surface area contributed by atoms with Gasteiger partial charge in [-0.1, -0.05) is 24.3 Å². The van der Waals surface area contributed by atoms with E-state index in [9.17, 15) is 50.5 Å². The van der Waals surface area contributed by atoms with Gasteiger partial charge in [0.25, 0.3) is 32.1 Å². The Morgan fingerprint density at radius 2 is 0.827 bits per heavy atom. The number of hydrogen-bond acceptors (Lipinski definition) is 9. The van der Waals surface area contributed by atoms with E-state index in [0.717, 1.165) is 12.1 Å². The van der Waals surface area contributed by atoms with Crippen molar-refractivity contribution in [2.24, 2.45) is 0 Å². The van der Waals surface area contributed by atoms with E-state index in [0.29, 0.717) is 11.4 Å². The number of benzene rings is 6. The van der Waals surface area contributed by atoms with Crippen LogP contribution in [0.3, 0.4) is 0 Å². The number of carbonyl (C=O) groups excluding carboxylic acids is 3. The summed E-state index contributed by atoms with van der Waals surface area (Å²) in [6.45, 7) is 0. The molecule has 0 atom stereocenters. The Kier molecular flexibility index (Phi) is 9.26. The summed E-state index contributed by atoms with van der Waals surface area (Å²) in [4.78, 5) is 37.7. The van der Waals surface area contributed by atoms with Gasteiger partial charge in [-0.2, -0.15) is 16.8 Å². The minimum Gasteiger partial charge on any atom is -0.507 e. The van der Waals surface area contributed by atoms with Gasteiger partial charge in [0.05, 0.1) is 11.4 Å². The van der Waals surface area contributed by atoms with E-state index in [1.165, 1.54) is 97.1 Å². The minimum absolute atomic E-state index is 0.0243. The Hall–Kier alpha value is -6.53. The zero-order chi connectivity index (χ0) is 37.4. The van der Waals surface area contributed by atoms with Crippen molar-refractivity contribution in [2.75, 3.05) is 21.3 Å². The molecule has 52 heavy (non-hydrogen) atoms. The normalized spacial score (nSPS) is 11.6. The van der Waals surface area contributed by atoms with Crippen molar-refractivity contribution in [3.63, 3.8) is 0 Å². The van der Waals surface area contributed by atoms with Gasteiger partial charge >= 0.3 is 6.03 Å². The molecule has 0 fully saturated rings. The van der Waals surface area contributed by atoms with Gasteiger partial charge in [-0.25, -0.2) is 4.79 Å². The molecule has 0 saturated heterocycles. The molecule has 264 valence electrons. The molecule has 15 nitrogen and oxygen atoms in total. The summed E-state index contributed by atoms with van der Waals surface area (Å²) in [5.74, 6) is -1.80. The standard InChI is InChI=1S/C35H26N4O11S2/c40-27-17-15-25(31-23(27)3-1-5-29(31)51(45,46)47)38-33(42)19-7-11-21(12-8-19)36-35(44)37-22-13-9-20(10-14-22)34(43)39-26-16-18-28(41)24-4-2-6-30(32(24)26)52(48,49)50/h1-18,40-41H,(H,38,42)(H,39,43)(H2,36,37,44)(H,45,46,47)(H,48,49,50). The van der Waals surface area contributed by atoms with Crippen molar-refractivity contribution in [3.8, 4) is 11.5 Å². The van der Waals surface area contributed by atoms with Gasteiger partial charge < -0.3 is 31.5 Å². The predicted molar refractivity (Wildman–Crippen MR) is 192 cm³/mol. The van der Waals surface area contributed by atoms with Crippen LogP contribution >= 0.6 is 0 Å². The summed E-state index contributed by atoms with van der Waals surface area (Å²) in [5.41, 5.74) is 0.936. The number of fused-ring (bicyclic) bond motifs is 2. The second-order valence-electron chi connectivity index (χ2n) is 11.2. The number of carbonyl (C=O) groups is 3. The molecule has 0 aliphatic heterocycles. The highest BCUT2D eigenvalue weighted by atomic mass is 32.2. The summed E-state index contributed by atoms with van der Waals surface area (Å²) in [5, 5.41) is 30.8. The zero-order valence-electron chi connectivity index (χ0n) is 26.4. The first-order valence-electron chi connectivity index (χ1n) is 15.0. The van der Waals surface area contributed by atoms with Crippen LogP contribution < -0.4 is 21.3 Å². The van der Waals surface area contributed by atoms with Crippen LogP contribution in [0.25, 0.3) is 21.5 Å².